The number of nitrogens with zero attached hydrogens (tertiary/aromatic N) is 1. The van der Waals surface area contributed by atoms with E-state index in [1.54, 1.807) is 7.05 Å². The number of hydrogen-bond donors (Lipinski definition) is 2. The number of urea groups is 1. The molecule has 3 amide bonds. The number of hydrogen-bond acceptors (Lipinski definition) is 2. The molecule has 0 heterocycles. The summed E-state index contributed by atoms with van der Waals surface area (Å²) < 4.78 is 0. The maximum Gasteiger partial charge on any atom is 0.315 e. The molecule has 0 fully saturated rings. The van der Waals surface area contributed by atoms with Crippen molar-refractivity contribution in [3.05, 3.63) is 0 Å². The summed E-state index contributed by atoms with van der Waals surface area (Å²) in [5.41, 5.74) is 5.07. The molecule has 0 saturated carbocycles. The fraction of sp³-hybridized carbons (Fsp3) is 0.750. The third kappa shape index (κ3) is 3.31. The molecule has 0 spiro atoms. The predicted molar refractivity (Wildman–Crippen MR) is 50.1 cm³/mol. The lowest BCUT2D eigenvalue weighted by molar-refractivity contribution is -0.124. The van der Waals surface area contributed by atoms with E-state index in [0.717, 1.165) is 6.42 Å². The summed E-state index contributed by atoms with van der Waals surface area (Å²) in [7, 11) is 3.07. The fourth-order valence-corrected chi connectivity index (χ4v) is 1.09. The first-order chi connectivity index (χ1) is 6.04. The molecule has 5 heteroatoms. The van der Waals surface area contributed by atoms with Gasteiger partial charge in [-0.25, -0.2) is 4.79 Å². The van der Waals surface area contributed by atoms with E-state index >= 15 is 0 Å². The Kier molecular flexibility index (Phi) is 4.87. The minimum atomic E-state index is -0.581. The largest absolute Gasteiger partial charge is 0.357 e. The molecule has 0 aromatic heterocycles. The van der Waals surface area contributed by atoms with Crippen LogP contribution in [-0.4, -0.2) is 37.0 Å². The van der Waals surface area contributed by atoms with Crippen LogP contribution in [0, 0.1) is 0 Å². The van der Waals surface area contributed by atoms with E-state index in [-0.39, 0.29) is 5.91 Å². The topological polar surface area (TPSA) is 75.4 Å². The van der Waals surface area contributed by atoms with Crippen molar-refractivity contribution in [2.24, 2.45) is 5.73 Å². The number of primary amides is 1. The third-order valence-corrected chi connectivity index (χ3v) is 1.93. The highest BCUT2D eigenvalue weighted by Gasteiger charge is 2.23. The molecule has 0 aliphatic rings. The highest BCUT2D eigenvalue weighted by molar-refractivity contribution is 5.86. The van der Waals surface area contributed by atoms with Gasteiger partial charge in [-0.05, 0) is 6.42 Å². The Morgan fingerprint density at radius 2 is 2.08 bits per heavy atom. The van der Waals surface area contributed by atoms with Crippen LogP contribution >= 0.6 is 0 Å². The summed E-state index contributed by atoms with van der Waals surface area (Å²) in [6, 6.07) is -1.03. The van der Waals surface area contributed by atoms with Crippen LogP contribution in [0.5, 0.6) is 0 Å². The summed E-state index contributed by atoms with van der Waals surface area (Å²) in [6.07, 6.45) is 1.45. The van der Waals surface area contributed by atoms with Crippen molar-refractivity contribution in [1.29, 1.82) is 0 Å². The summed E-state index contributed by atoms with van der Waals surface area (Å²) >= 11 is 0. The summed E-state index contributed by atoms with van der Waals surface area (Å²) in [4.78, 5) is 23.3. The van der Waals surface area contributed by atoms with Crippen molar-refractivity contribution in [3.8, 4) is 0 Å². The van der Waals surface area contributed by atoms with Gasteiger partial charge in [-0.3, -0.25) is 4.79 Å². The fourth-order valence-electron chi connectivity index (χ4n) is 1.09. The number of carbonyl (C=O) groups is 2. The van der Waals surface area contributed by atoms with Crippen LogP contribution < -0.4 is 11.1 Å². The highest BCUT2D eigenvalue weighted by Crippen LogP contribution is 2.04. The van der Waals surface area contributed by atoms with Crippen LogP contribution in [0.25, 0.3) is 0 Å². The SMILES string of the molecule is CCC[C@@H](C(=O)NC)N(C)C(N)=O. The number of likely N-dealkylation sites (N-methyl/N-ethyl adjacent to an activating group) is 2. The second-order valence-electron chi connectivity index (χ2n) is 2.87. The molecule has 5 nitrogen and oxygen atoms in total. The summed E-state index contributed by atoms with van der Waals surface area (Å²) in [5.74, 6) is -0.178. The van der Waals surface area contributed by atoms with Gasteiger partial charge in [-0.2, -0.15) is 0 Å². The second-order valence-corrected chi connectivity index (χ2v) is 2.87. The summed E-state index contributed by atoms with van der Waals surface area (Å²) in [6.45, 7) is 1.95. The van der Waals surface area contributed by atoms with Gasteiger partial charge in [0.1, 0.15) is 6.04 Å². The lowest BCUT2D eigenvalue weighted by atomic mass is 10.1. The molecule has 76 valence electrons. The minimum Gasteiger partial charge on any atom is -0.357 e. The maximum absolute atomic E-state index is 11.3. The minimum absolute atomic E-state index is 0.178. The first-order valence-corrected chi connectivity index (χ1v) is 4.28. The molecule has 3 N–H and O–H groups in total. The molecule has 0 saturated heterocycles. The van der Waals surface area contributed by atoms with E-state index in [4.69, 9.17) is 5.73 Å². The molecule has 1 atom stereocenters. The first kappa shape index (κ1) is 11.7. The Morgan fingerprint density at radius 3 is 2.38 bits per heavy atom. The summed E-state index contributed by atoms with van der Waals surface area (Å²) in [5, 5.41) is 2.50. The average molecular weight is 187 g/mol. The Morgan fingerprint density at radius 1 is 1.54 bits per heavy atom. The van der Waals surface area contributed by atoms with Crippen LogP contribution in [0.15, 0.2) is 0 Å². The van der Waals surface area contributed by atoms with Crippen molar-refractivity contribution >= 4 is 11.9 Å². The van der Waals surface area contributed by atoms with Gasteiger partial charge in [0, 0.05) is 14.1 Å². The number of carbonyl (C=O) groups excluding carboxylic acids is 2. The monoisotopic (exact) mass is 187 g/mol. The van der Waals surface area contributed by atoms with Gasteiger partial charge in [-0.1, -0.05) is 13.3 Å². The standard InChI is InChI=1S/C8H17N3O2/c1-4-5-6(7(12)10-2)11(3)8(9)13/h6H,4-5H2,1-3H3,(H2,9,13)(H,10,12)/t6-/m0/s1. The zero-order chi connectivity index (χ0) is 10.4. The van der Waals surface area contributed by atoms with Gasteiger partial charge in [-0.15, -0.1) is 0 Å². The average Bonchev–Trinajstić information content (AvgIpc) is 2.11. The van der Waals surface area contributed by atoms with Gasteiger partial charge in [0.15, 0.2) is 0 Å². The van der Waals surface area contributed by atoms with E-state index in [9.17, 15) is 9.59 Å². The van der Waals surface area contributed by atoms with Gasteiger partial charge in [0.05, 0.1) is 0 Å². The van der Waals surface area contributed by atoms with Crippen molar-refractivity contribution in [3.63, 3.8) is 0 Å². The molecule has 13 heavy (non-hydrogen) atoms. The van der Waals surface area contributed by atoms with E-state index in [1.165, 1.54) is 11.9 Å². The molecule has 0 bridgehead atoms. The van der Waals surface area contributed by atoms with E-state index in [0.29, 0.717) is 6.42 Å². The Labute approximate surface area is 78.3 Å². The first-order valence-electron chi connectivity index (χ1n) is 4.28. The van der Waals surface area contributed by atoms with Crippen LogP contribution in [0.2, 0.25) is 0 Å². The lowest BCUT2D eigenvalue weighted by Crippen LogP contribution is -2.48. The van der Waals surface area contributed by atoms with Crippen LogP contribution in [0.1, 0.15) is 19.8 Å². The van der Waals surface area contributed by atoms with Crippen LogP contribution in [0.3, 0.4) is 0 Å². The third-order valence-electron chi connectivity index (χ3n) is 1.93. The Balaban J connectivity index is 4.40. The van der Waals surface area contributed by atoms with E-state index < -0.39 is 12.1 Å². The zero-order valence-electron chi connectivity index (χ0n) is 8.33. The van der Waals surface area contributed by atoms with Gasteiger partial charge < -0.3 is 16.0 Å². The van der Waals surface area contributed by atoms with Crippen LogP contribution in [0.4, 0.5) is 4.79 Å². The molecule has 0 aliphatic carbocycles. The van der Waals surface area contributed by atoms with Crippen molar-refractivity contribution in [2.75, 3.05) is 14.1 Å². The zero-order valence-corrected chi connectivity index (χ0v) is 8.33. The van der Waals surface area contributed by atoms with Crippen molar-refractivity contribution < 1.29 is 9.59 Å². The second kappa shape index (κ2) is 5.40. The molecule has 0 unspecified atom stereocenters. The normalized spacial score (nSPS) is 11.9. The van der Waals surface area contributed by atoms with Crippen molar-refractivity contribution in [1.82, 2.24) is 10.2 Å². The number of nitrogens with one attached hydrogen (secondary N) is 1. The maximum atomic E-state index is 11.3. The smallest absolute Gasteiger partial charge is 0.315 e. The number of nitrogens with two attached hydrogens (primary N) is 1. The molecular formula is C8H17N3O2. The Bertz CT molecular complexity index is 194. The van der Waals surface area contributed by atoms with Gasteiger partial charge in [0.25, 0.3) is 0 Å². The Hall–Kier alpha value is -1.26. The quantitative estimate of drug-likeness (QED) is 0.645. The molecule has 0 aliphatic heterocycles. The lowest BCUT2D eigenvalue weighted by Gasteiger charge is -2.24. The molecule has 0 aromatic carbocycles. The van der Waals surface area contributed by atoms with Crippen LogP contribution in [-0.2, 0) is 4.79 Å². The predicted octanol–water partition coefficient (Wildman–Crippen LogP) is -0.0884. The van der Waals surface area contributed by atoms with Gasteiger partial charge >= 0.3 is 6.03 Å². The van der Waals surface area contributed by atoms with E-state index in [2.05, 4.69) is 5.32 Å². The molecule has 0 radical (unpaired) electrons. The van der Waals surface area contributed by atoms with Gasteiger partial charge in [0.2, 0.25) is 5.91 Å². The molecule has 0 rings (SSSR count). The van der Waals surface area contributed by atoms with E-state index in [1.807, 2.05) is 6.92 Å². The molecule has 0 aromatic rings. The van der Waals surface area contributed by atoms with Crippen molar-refractivity contribution in [2.45, 2.75) is 25.8 Å². The number of rotatable bonds is 4. The highest BCUT2D eigenvalue weighted by atomic mass is 16.2. The molecular weight excluding hydrogens is 170 g/mol. The number of amides is 3.